The monoisotopic (exact) mass is 254 g/mol. The minimum absolute atomic E-state index is 0.101. The lowest BCUT2D eigenvalue weighted by molar-refractivity contribution is 0.220. The predicted molar refractivity (Wildman–Crippen MR) is 64.9 cm³/mol. The number of nitrogens with zero attached hydrogens (tertiary/aromatic N) is 2. The molecule has 0 radical (unpaired) electrons. The largest absolute Gasteiger partial charge is 0.396 e. The molecule has 2 heterocycles. The average Bonchev–Trinajstić information content (AvgIpc) is 2.72. The van der Waals surface area contributed by atoms with Crippen molar-refractivity contribution in [1.82, 2.24) is 15.2 Å². The summed E-state index contributed by atoms with van der Waals surface area (Å²) >= 11 is 0. The van der Waals surface area contributed by atoms with Crippen LogP contribution >= 0.6 is 0 Å². The van der Waals surface area contributed by atoms with E-state index in [1.165, 1.54) is 0 Å². The van der Waals surface area contributed by atoms with Crippen molar-refractivity contribution in [2.45, 2.75) is 5.03 Å². The summed E-state index contributed by atoms with van der Waals surface area (Å²) in [6, 6.07) is 3.27. The van der Waals surface area contributed by atoms with Gasteiger partial charge in [-0.2, -0.15) is 0 Å². The second-order valence-electron chi connectivity index (χ2n) is 3.67. The molecule has 2 amide bonds. The van der Waals surface area contributed by atoms with Crippen LogP contribution in [0.2, 0.25) is 0 Å². The molecular formula is C10H14N4O2S. The number of carbonyl (C=O) groups excluding carboxylic acids is 1. The smallest absolute Gasteiger partial charge is 0.317 e. The van der Waals surface area contributed by atoms with Gasteiger partial charge in [0.15, 0.2) is 0 Å². The second-order valence-corrected chi connectivity index (χ2v) is 5.15. The van der Waals surface area contributed by atoms with Crippen LogP contribution in [0.15, 0.2) is 23.4 Å². The fourth-order valence-electron chi connectivity index (χ4n) is 1.61. The zero-order valence-electron chi connectivity index (χ0n) is 9.26. The van der Waals surface area contributed by atoms with Crippen LogP contribution < -0.4 is 11.1 Å². The van der Waals surface area contributed by atoms with Gasteiger partial charge >= 0.3 is 6.03 Å². The van der Waals surface area contributed by atoms with Gasteiger partial charge in [-0.25, -0.2) is 9.78 Å². The third kappa shape index (κ3) is 2.73. The Hall–Kier alpha value is -1.63. The summed E-state index contributed by atoms with van der Waals surface area (Å²) < 4.78 is 11.9. The van der Waals surface area contributed by atoms with Crippen molar-refractivity contribution in [2.75, 3.05) is 31.1 Å². The lowest BCUT2D eigenvalue weighted by Crippen LogP contribution is -2.31. The molecule has 1 fully saturated rings. The molecule has 1 aliphatic heterocycles. The standard InChI is InChI=1S/C10H14N4O2S/c11-8-2-1-3-12-9(8)17(16)7-6-14-5-4-13-10(14)15/h1-3H,4-7,11H2,(H,13,15). The molecule has 1 atom stereocenters. The minimum Gasteiger partial charge on any atom is -0.396 e. The van der Waals surface area contributed by atoms with Gasteiger partial charge < -0.3 is 16.0 Å². The van der Waals surface area contributed by atoms with E-state index in [0.29, 0.717) is 36.1 Å². The molecule has 0 aliphatic carbocycles. The summed E-state index contributed by atoms with van der Waals surface area (Å²) in [5, 5.41) is 3.09. The van der Waals surface area contributed by atoms with E-state index in [-0.39, 0.29) is 6.03 Å². The Morgan fingerprint density at radius 3 is 3.06 bits per heavy atom. The van der Waals surface area contributed by atoms with Crippen LogP contribution in [0.5, 0.6) is 0 Å². The maximum Gasteiger partial charge on any atom is 0.317 e. The molecule has 1 aliphatic rings. The van der Waals surface area contributed by atoms with Gasteiger partial charge in [0, 0.05) is 31.6 Å². The van der Waals surface area contributed by atoms with E-state index in [1.54, 1.807) is 23.2 Å². The van der Waals surface area contributed by atoms with Gasteiger partial charge in [0.25, 0.3) is 0 Å². The Kier molecular flexibility index (Phi) is 3.58. The van der Waals surface area contributed by atoms with Gasteiger partial charge in [0.05, 0.1) is 16.5 Å². The van der Waals surface area contributed by atoms with E-state index in [4.69, 9.17) is 5.73 Å². The molecule has 1 saturated heterocycles. The number of pyridine rings is 1. The molecule has 1 aromatic rings. The lowest BCUT2D eigenvalue weighted by atomic mass is 10.4. The van der Waals surface area contributed by atoms with Crippen molar-refractivity contribution in [3.63, 3.8) is 0 Å². The van der Waals surface area contributed by atoms with Crippen LogP contribution in [0, 0.1) is 0 Å². The van der Waals surface area contributed by atoms with Gasteiger partial charge in [-0.05, 0) is 12.1 Å². The molecule has 0 saturated carbocycles. The second kappa shape index (κ2) is 5.13. The van der Waals surface area contributed by atoms with E-state index < -0.39 is 10.8 Å². The first-order valence-electron chi connectivity index (χ1n) is 5.30. The summed E-state index contributed by atoms with van der Waals surface area (Å²) in [6.07, 6.45) is 1.56. The fraction of sp³-hybridized carbons (Fsp3) is 0.400. The Balaban J connectivity index is 1.94. The van der Waals surface area contributed by atoms with Gasteiger partial charge in [-0.15, -0.1) is 0 Å². The van der Waals surface area contributed by atoms with Gasteiger partial charge in [-0.3, -0.25) is 4.21 Å². The average molecular weight is 254 g/mol. The van der Waals surface area contributed by atoms with E-state index in [1.807, 2.05) is 0 Å². The number of nitrogens with two attached hydrogens (primary N) is 1. The first-order chi connectivity index (χ1) is 8.18. The molecule has 1 aromatic heterocycles. The topological polar surface area (TPSA) is 88.3 Å². The Morgan fingerprint density at radius 2 is 2.41 bits per heavy atom. The quantitative estimate of drug-likeness (QED) is 0.778. The lowest BCUT2D eigenvalue weighted by Gasteiger charge is -2.13. The van der Waals surface area contributed by atoms with Crippen molar-refractivity contribution >= 4 is 22.5 Å². The predicted octanol–water partition coefficient (Wildman–Crippen LogP) is -0.203. The molecule has 7 heteroatoms. The molecule has 92 valence electrons. The number of urea groups is 1. The van der Waals surface area contributed by atoms with Crippen LogP contribution in [0.25, 0.3) is 0 Å². The molecular weight excluding hydrogens is 240 g/mol. The maximum atomic E-state index is 11.9. The first kappa shape index (κ1) is 11.8. The number of carbonyl (C=O) groups is 1. The maximum absolute atomic E-state index is 11.9. The normalized spacial score (nSPS) is 16.9. The summed E-state index contributed by atoms with van der Waals surface area (Å²) in [6.45, 7) is 1.76. The zero-order valence-corrected chi connectivity index (χ0v) is 10.1. The highest BCUT2D eigenvalue weighted by atomic mass is 32.2. The number of nitrogen functional groups attached to an aromatic ring is 1. The minimum atomic E-state index is -1.26. The summed E-state index contributed by atoms with van der Waals surface area (Å²) in [7, 11) is -1.26. The van der Waals surface area contributed by atoms with Crippen molar-refractivity contribution in [1.29, 1.82) is 0 Å². The van der Waals surface area contributed by atoms with Gasteiger partial charge in [0.1, 0.15) is 5.03 Å². The Labute approximate surface area is 102 Å². The number of amides is 2. The number of hydrogen-bond donors (Lipinski definition) is 2. The number of rotatable bonds is 4. The number of anilines is 1. The molecule has 6 nitrogen and oxygen atoms in total. The molecule has 2 rings (SSSR count). The van der Waals surface area contributed by atoms with Gasteiger partial charge in [-0.1, -0.05) is 0 Å². The number of nitrogens with one attached hydrogen (secondary N) is 1. The summed E-state index contributed by atoms with van der Waals surface area (Å²) in [5.41, 5.74) is 6.11. The Morgan fingerprint density at radius 1 is 1.59 bits per heavy atom. The van der Waals surface area contributed by atoms with E-state index in [9.17, 15) is 9.00 Å². The molecule has 0 spiro atoms. The van der Waals surface area contributed by atoms with Crippen molar-refractivity contribution < 1.29 is 9.00 Å². The van der Waals surface area contributed by atoms with Crippen LogP contribution in [-0.4, -0.2) is 45.5 Å². The summed E-state index contributed by atoms with van der Waals surface area (Å²) in [4.78, 5) is 16.9. The van der Waals surface area contributed by atoms with Crippen molar-refractivity contribution in [3.8, 4) is 0 Å². The zero-order chi connectivity index (χ0) is 12.3. The molecule has 3 N–H and O–H groups in total. The molecule has 1 unspecified atom stereocenters. The third-order valence-electron chi connectivity index (χ3n) is 2.51. The van der Waals surface area contributed by atoms with E-state index >= 15 is 0 Å². The fourth-order valence-corrected chi connectivity index (χ4v) is 2.70. The highest BCUT2D eigenvalue weighted by molar-refractivity contribution is 7.85. The van der Waals surface area contributed by atoms with Crippen molar-refractivity contribution in [3.05, 3.63) is 18.3 Å². The highest BCUT2D eigenvalue weighted by Gasteiger charge is 2.20. The van der Waals surface area contributed by atoms with Crippen LogP contribution in [0.3, 0.4) is 0 Å². The Bertz CT molecular complexity index is 452. The van der Waals surface area contributed by atoms with Crippen molar-refractivity contribution in [2.24, 2.45) is 0 Å². The molecule has 17 heavy (non-hydrogen) atoms. The summed E-state index contributed by atoms with van der Waals surface area (Å²) in [5.74, 6) is 0.356. The third-order valence-corrected chi connectivity index (χ3v) is 3.83. The van der Waals surface area contributed by atoms with E-state index in [0.717, 1.165) is 0 Å². The highest BCUT2D eigenvalue weighted by Crippen LogP contribution is 2.12. The number of aromatic nitrogens is 1. The van der Waals surface area contributed by atoms with Crippen LogP contribution in [0.4, 0.5) is 10.5 Å². The van der Waals surface area contributed by atoms with Gasteiger partial charge in [0.2, 0.25) is 0 Å². The van der Waals surface area contributed by atoms with E-state index in [2.05, 4.69) is 10.3 Å². The van der Waals surface area contributed by atoms with Crippen LogP contribution in [-0.2, 0) is 10.8 Å². The SMILES string of the molecule is Nc1cccnc1S(=O)CCN1CCNC1=O. The van der Waals surface area contributed by atoms with Crippen LogP contribution in [0.1, 0.15) is 0 Å². The molecule has 0 aromatic carbocycles. The molecule has 0 bridgehead atoms. The first-order valence-corrected chi connectivity index (χ1v) is 6.62. The number of hydrogen-bond acceptors (Lipinski definition) is 4.